The van der Waals surface area contributed by atoms with Crippen molar-refractivity contribution in [3.05, 3.63) is 23.2 Å². The van der Waals surface area contributed by atoms with Crippen LogP contribution in [0.3, 0.4) is 0 Å². The molecule has 0 aromatic carbocycles. The smallest absolute Gasteiger partial charge is 0.191 e. The fourth-order valence-electron chi connectivity index (χ4n) is 0.566. The number of nitrogens with zero attached hydrogens (tertiary/aromatic N) is 1. The Bertz CT molecular complexity index is 286. The number of pyridine rings is 1. The Kier molecular flexibility index (Phi) is 2.53. The van der Waals surface area contributed by atoms with Gasteiger partial charge in [0.1, 0.15) is 4.90 Å². The zero-order chi connectivity index (χ0) is 8.43. The first-order valence-electron chi connectivity index (χ1n) is 2.53. The Hall–Kier alpha value is -0.520. The summed E-state index contributed by atoms with van der Waals surface area (Å²) >= 11 is 2.97. The molecule has 0 saturated heterocycles. The van der Waals surface area contributed by atoms with Crippen LogP contribution in [-0.4, -0.2) is 13.7 Å². The number of rotatable bonds is 1. The number of halogens is 2. The lowest BCUT2D eigenvalue weighted by Crippen LogP contribution is -1.95. The summed E-state index contributed by atoms with van der Waals surface area (Å²) < 4.78 is 31.5. The van der Waals surface area contributed by atoms with Gasteiger partial charge in [0.15, 0.2) is 16.9 Å². The fraction of sp³-hybridized carbons (Fsp3) is 0. The van der Waals surface area contributed by atoms with Gasteiger partial charge in [-0.2, -0.15) is 0 Å². The molecule has 1 atom stereocenters. The summed E-state index contributed by atoms with van der Waals surface area (Å²) in [5.74, 6) is -0.877. The minimum Gasteiger partial charge on any atom is -0.302 e. The average Bonchev–Trinajstić information content (AvgIpc) is 1.85. The molecule has 1 rings (SSSR count). The highest BCUT2D eigenvalue weighted by Gasteiger charge is 2.12. The van der Waals surface area contributed by atoms with Gasteiger partial charge in [-0.3, -0.25) is 4.98 Å². The summed E-state index contributed by atoms with van der Waals surface area (Å²) in [4.78, 5) is 2.95. The summed E-state index contributed by atoms with van der Waals surface area (Å²) in [6.07, 6.45) is 1.93. The quantitative estimate of drug-likeness (QED) is 0.691. The van der Waals surface area contributed by atoms with Crippen LogP contribution in [0.15, 0.2) is 17.3 Å². The lowest BCUT2D eigenvalue weighted by molar-refractivity contribution is 0.542. The Morgan fingerprint density at radius 2 is 2.27 bits per heavy atom. The van der Waals surface area contributed by atoms with Crippen LogP contribution < -0.4 is 0 Å². The summed E-state index contributed by atoms with van der Waals surface area (Å²) in [6.45, 7) is 0. The zero-order valence-corrected chi connectivity index (χ0v) is 6.69. The van der Waals surface area contributed by atoms with E-state index in [0.717, 1.165) is 12.4 Å². The molecule has 3 nitrogen and oxygen atoms in total. The van der Waals surface area contributed by atoms with Gasteiger partial charge in [-0.25, -0.2) is 8.60 Å². The summed E-state index contributed by atoms with van der Waals surface area (Å²) in [5, 5.41) is -0.147. The van der Waals surface area contributed by atoms with Gasteiger partial charge in [-0.1, -0.05) is 11.6 Å². The van der Waals surface area contributed by atoms with Gasteiger partial charge in [-0.15, -0.1) is 0 Å². The van der Waals surface area contributed by atoms with Gasteiger partial charge in [0, 0.05) is 6.20 Å². The number of hydrogen-bond acceptors (Lipinski definition) is 2. The Morgan fingerprint density at radius 1 is 1.64 bits per heavy atom. The van der Waals surface area contributed by atoms with Crippen molar-refractivity contribution in [2.45, 2.75) is 4.90 Å². The first kappa shape index (κ1) is 8.58. The molecule has 1 N–H and O–H groups in total. The standard InChI is InChI=1S/C5H3ClFNO2S/c6-3-1-8-2-4(7)5(3)11(9)10/h1-2H,(H,9,10). The second-order valence-corrected chi connectivity index (χ2v) is 3.00. The summed E-state index contributed by atoms with van der Waals surface area (Å²) in [5.41, 5.74) is 0. The van der Waals surface area contributed by atoms with E-state index in [9.17, 15) is 8.60 Å². The van der Waals surface area contributed by atoms with E-state index in [-0.39, 0.29) is 5.02 Å². The minimum absolute atomic E-state index is 0.147. The van der Waals surface area contributed by atoms with Crippen molar-refractivity contribution in [2.24, 2.45) is 0 Å². The van der Waals surface area contributed by atoms with Gasteiger partial charge < -0.3 is 4.55 Å². The zero-order valence-electron chi connectivity index (χ0n) is 5.12. The van der Waals surface area contributed by atoms with Gasteiger partial charge in [0.2, 0.25) is 0 Å². The van der Waals surface area contributed by atoms with Crippen LogP contribution in [0.25, 0.3) is 0 Å². The van der Waals surface area contributed by atoms with E-state index >= 15 is 0 Å². The van der Waals surface area contributed by atoms with Crippen LogP contribution in [0.5, 0.6) is 0 Å². The molecule has 0 saturated carbocycles. The third kappa shape index (κ3) is 1.74. The largest absolute Gasteiger partial charge is 0.302 e. The molecule has 1 aromatic heterocycles. The van der Waals surface area contributed by atoms with E-state index in [4.69, 9.17) is 16.2 Å². The van der Waals surface area contributed by atoms with Crippen molar-refractivity contribution in [3.63, 3.8) is 0 Å². The minimum atomic E-state index is -2.40. The molecule has 0 bridgehead atoms. The van der Waals surface area contributed by atoms with E-state index in [1.807, 2.05) is 0 Å². The first-order chi connectivity index (χ1) is 5.13. The third-order valence-corrected chi connectivity index (χ3v) is 2.15. The van der Waals surface area contributed by atoms with Gasteiger partial charge in [0.25, 0.3) is 0 Å². The molecule has 0 aliphatic heterocycles. The topological polar surface area (TPSA) is 50.2 Å². The van der Waals surface area contributed by atoms with Crippen LogP contribution in [-0.2, 0) is 11.1 Å². The lowest BCUT2D eigenvalue weighted by atomic mass is 10.5. The van der Waals surface area contributed by atoms with Crippen LogP contribution in [0.4, 0.5) is 4.39 Å². The maximum atomic E-state index is 12.6. The molecule has 0 radical (unpaired) electrons. The second-order valence-electron chi connectivity index (χ2n) is 1.68. The average molecular weight is 196 g/mol. The van der Waals surface area contributed by atoms with Crippen molar-refractivity contribution in [1.82, 2.24) is 4.98 Å². The van der Waals surface area contributed by atoms with Gasteiger partial charge >= 0.3 is 0 Å². The Balaban J connectivity index is 3.32. The molecule has 1 heterocycles. The molecule has 6 heteroatoms. The van der Waals surface area contributed by atoms with Crippen molar-refractivity contribution in [1.29, 1.82) is 0 Å². The Morgan fingerprint density at radius 3 is 2.64 bits per heavy atom. The molecule has 0 fully saturated rings. The highest BCUT2D eigenvalue weighted by Crippen LogP contribution is 2.19. The lowest BCUT2D eigenvalue weighted by Gasteiger charge is -1.97. The van der Waals surface area contributed by atoms with E-state index in [1.165, 1.54) is 0 Å². The van der Waals surface area contributed by atoms with Crippen LogP contribution in [0.1, 0.15) is 0 Å². The SMILES string of the molecule is O=S(O)c1c(F)cncc1Cl. The third-order valence-electron chi connectivity index (χ3n) is 0.984. The van der Waals surface area contributed by atoms with Crippen LogP contribution in [0, 0.1) is 5.82 Å². The molecule has 0 aliphatic rings. The van der Waals surface area contributed by atoms with E-state index in [1.54, 1.807) is 0 Å². The summed E-state index contributed by atoms with van der Waals surface area (Å²) in [6, 6.07) is 0. The predicted octanol–water partition coefficient (Wildman–Crippen LogP) is 1.45. The number of hydrogen-bond donors (Lipinski definition) is 1. The molecular formula is C5H3ClFNO2S. The highest BCUT2D eigenvalue weighted by atomic mass is 35.5. The Labute approximate surface area is 69.5 Å². The monoisotopic (exact) mass is 195 g/mol. The van der Waals surface area contributed by atoms with E-state index in [2.05, 4.69) is 4.98 Å². The first-order valence-corrected chi connectivity index (χ1v) is 4.01. The summed E-state index contributed by atoms with van der Waals surface area (Å²) in [7, 11) is 0. The van der Waals surface area contributed by atoms with E-state index < -0.39 is 21.8 Å². The molecule has 1 unspecified atom stereocenters. The normalized spacial score (nSPS) is 13.0. The molecule has 0 amide bonds. The molecule has 0 spiro atoms. The van der Waals surface area contributed by atoms with Crippen molar-refractivity contribution in [2.75, 3.05) is 0 Å². The van der Waals surface area contributed by atoms with Gasteiger partial charge in [0.05, 0.1) is 11.2 Å². The van der Waals surface area contributed by atoms with Crippen molar-refractivity contribution < 1.29 is 13.2 Å². The predicted molar refractivity (Wildman–Crippen MR) is 38.2 cm³/mol. The highest BCUT2D eigenvalue weighted by molar-refractivity contribution is 7.79. The van der Waals surface area contributed by atoms with Crippen molar-refractivity contribution >= 4 is 22.7 Å². The number of aromatic nitrogens is 1. The molecule has 0 aliphatic carbocycles. The van der Waals surface area contributed by atoms with Crippen LogP contribution in [0.2, 0.25) is 5.02 Å². The molecular weight excluding hydrogens is 193 g/mol. The van der Waals surface area contributed by atoms with Crippen LogP contribution >= 0.6 is 11.6 Å². The molecule has 60 valence electrons. The van der Waals surface area contributed by atoms with Gasteiger partial charge in [-0.05, 0) is 0 Å². The maximum absolute atomic E-state index is 12.6. The fourth-order valence-corrected chi connectivity index (χ4v) is 1.35. The molecule has 1 aromatic rings. The van der Waals surface area contributed by atoms with E-state index in [0.29, 0.717) is 0 Å². The second kappa shape index (κ2) is 3.25. The van der Waals surface area contributed by atoms with Crippen molar-refractivity contribution in [3.8, 4) is 0 Å². The maximum Gasteiger partial charge on any atom is 0.191 e. The molecule has 11 heavy (non-hydrogen) atoms.